The largest absolute Gasteiger partial charge is 0.375 e. The van der Waals surface area contributed by atoms with Crippen LogP contribution in [0.1, 0.15) is 29.5 Å². The molecule has 22 heavy (non-hydrogen) atoms. The summed E-state index contributed by atoms with van der Waals surface area (Å²) in [6.45, 7) is 0. The van der Waals surface area contributed by atoms with Crippen molar-refractivity contribution in [2.45, 2.75) is 18.4 Å². The highest BCUT2D eigenvalue weighted by Crippen LogP contribution is 2.51. The number of halogens is 3. The van der Waals surface area contributed by atoms with Crippen LogP contribution in [0.3, 0.4) is 0 Å². The van der Waals surface area contributed by atoms with Crippen molar-refractivity contribution in [2.24, 2.45) is 5.92 Å². The third-order valence-electron chi connectivity index (χ3n) is 4.61. The molecule has 1 aliphatic heterocycles. The first-order valence-electron chi connectivity index (χ1n) is 7.31. The minimum Gasteiger partial charge on any atom is -0.375 e. The van der Waals surface area contributed by atoms with E-state index in [1.54, 1.807) is 0 Å². The number of hydrogen-bond acceptors (Lipinski definition) is 1. The Morgan fingerprint density at radius 2 is 1.95 bits per heavy atom. The van der Waals surface area contributed by atoms with Crippen molar-refractivity contribution in [1.82, 2.24) is 0 Å². The molecule has 112 valence electrons. The number of rotatable bonds is 1. The van der Waals surface area contributed by atoms with E-state index >= 15 is 0 Å². The second kappa shape index (κ2) is 5.39. The Balaban J connectivity index is 1.82. The predicted molar refractivity (Wildman–Crippen MR) is 91.9 cm³/mol. The van der Waals surface area contributed by atoms with Crippen molar-refractivity contribution in [3.8, 4) is 0 Å². The Hall–Kier alpha value is -1.32. The molecular weight excluding hydrogens is 365 g/mol. The van der Waals surface area contributed by atoms with E-state index in [0.29, 0.717) is 11.6 Å². The van der Waals surface area contributed by atoms with Gasteiger partial charge in [-0.05, 0) is 47.7 Å². The van der Waals surface area contributed by atoms with E-state index in [2.05, 4.69) is 33.4 Å². The fourth-order valence-corrected chi connectivity index (χ4v) is 4.19. The van der Waals surface area contributed by atoms with E-state index < -0.39 is 0 Å². The Morgan fingerprint density at radius 1 is 1.18 bits per heavy atom. The van der Waals surface area contributed by atoms with Crippen molar-refractivity contribution in [3.63, 3.8) is 0 Å². The van der Waals surface area contributed by atoms with Crippen LogP contribution in [0.5, 0.6) is 0 Å². The van der Waals surface area contributed by atoms with Crippen molar-refractivity contribution >= 4 is 33.2 Å². The molecule has 0 unspecified atom stereocenters. The van der Waals surface area contributed by atoms with Crippen molar-refractivity contribution in [3.05, 3.63) is 75.0 Å². The first-order chi connectivity index (χ1) is 10.6. The molecule has 4 heteroatoms. The average Bonchev–Trinajstić information content (AvgIpc) is 2.97. The molecule has 0 bridgehead atoms. The van der Waals surface area contributed by atoms with Crippen LogP contribution >= 0.6 is 27.5 Å². The summed E-state index contributed by atoms with van der Waals surface area (Å²) in [4.78, 5) is 0. The molecule has 0 amide bonds. The van der Waals surface area contributed by atoms with E-state index in [4.69, 9.17) is 11.6 Å². The van der Waals surface area contributed by atoms with Gasteiger partial charge in [0.2, 0.25) is 0 Å². The van der Waals surface area contributed by atoms with Gasteiger partial charge < -0.3 is 5.32 Å². The van der Waals surface area contributed by atoms with Crippen LogP contribution in [0.2, 0.25) is 5.02 Å². The molecule has 1 N–H and O–H groups in total. The fraction of sp³-hybridized carbons (Fsp3) is 0.222. The fourth-order valence-electron chi connectivity index (χ4n) is 3.62. The van der Waals surface area contributed by atoms with Crippen molar-refractivity contribution in [1.29, 1.82) is 0 Å². The molecule has 1 nitrogen and oxygen atoms in total. The molecule has 0 spiro atoms. The second-order valence-electron chi connectivity index (χ2n) is 5.88. The van der Waals surface area contributed by atoms with E-state index in [0.717, 1.165) is 27.0 Å². The number of anilines is 1. The van der Waals surface area contributed by atoms with E-state index in [-0.39, 0.29) is 17.8 Å². The minimum atomic E-state index is -0.206. The van der Waals surface area contributed by atoms with Gasteiger partial charge in [-0.15, -0.1) is 0 Å². The summed E-state index contributed by atoms with van der Waals surface area (Å²) < 4.78 is 15.2. The molecule has 0 saturated carbocycles. The summed E-state index contributed by atoms with van der Waals surface area (Å²) in [6.07, 6.45) is 5.41. The van der Waals surface area contributed by atoms with Crippen molar-refractivity contribution < 1.29 is 4.39 Å². The minimum absolute atomic E-state index is 0.0976. The van der Waals surface area contributed by atoms with E-state index in [1.807, 2.05) is 30.3 Å². The molecule has 0 radical (unpaired) electrons. The Labute approximate surface area is 142 Å². The van der Waals surface area contributed by atoms with E-state index in [1.165, 1.54) is 6.07 Å². The zero-order valence-electron chi connectivity index (χ0n) is 11.7. The van der Waals surface area contributed by atoms with E-state index in [9.17, 15) is 4.39 Å². The molecule has 1 heterocycles. The Kier molecular flexibility index (Phi) is 3.50. The maximum atomic E-state index is 14.4. The summed E-state index contributed by atoms with van der Waals surface area (Å²) in [5.41, 5.74) is 2.81. The van der Waals surface area contributed by atoms with Crippen LogP contribution in [-0.4, -0.2) is 0 Å². The molecule has 0 aromatic heterocycles. The number of hydrogen-bond donors (Lipinski definition) is 1. The summed E-state index contributed by atoms with van der Waals surface area (Å²) in [6, 6.07) is 11.5. The normalized spacial score (nSPS) is 25.5. The molecule has 0 fully saturated rings. The van der Waals surface area contributed by atoms with Crippen LogP contribution in [0.4, 0.5) is 10.1 Å². The number of nitrogens with one attached hydrogen (secondary N) is 1. The molecule has 4 rings (SSSR count). The van der Waals surface area contributed by atoms with Crippen LogP contribution in [0.15, 0.2) is 53.0 Å². The van der Waals surface area contributed by atoms with Crippen LogP contribution in [-0.2, 0) is 0 Å². The van der Waals surface area contributed by atoms with Crippen LogP contribution in [0.25, 0.3) is 0 Å². The topological polar surface area (TPSA) is 12.0 Å². The second-order valence-corrected chi connectivity index (χ2v) is 7.23. The van der Waals surface area contributed by atoms with Gasteiger partial charge in [-0.1, -0.05) is 51.8 Å². The van der Waals surface area contributed by atoms with Crippen LogP contribution < -0.4 is 5.32 Å². The summed E-state index contributed by atoms with van der Waals surface area (Å²) in [7, 11) is 0. The van der Waals surface area contributed by atoms with Crippen LogP contribution in [0, 0.1) is 11.7 Å². The smallest absolute Gasteiger partial charge is 0.147 e. The molecular formula is C18H14BrClFN. The van der Waals surface area contributed by atoms with Gasteiger partial charge in [0.1, 0.15) is 5.82 Å². The lowest BCUT2D eigenvalue weighted by Gasteiger charge is -2.37. The summed E-state index contributed by atoms with van der Waals surface area (Å²) >= 11 is 9.39. The third-order valence-corrected chi connectivity index (χ3v) is 5.32. The third kappa shape index (κ3) is 2.27. The van der Waals surface area contributed by atoms with Gasteiger partial charge in [-0.2, -0.15) is 0 Å². The standard InChI is InChI=1S/C18H14BrClFN/c19-11-8-15-13-2-1-3-14(13)17(22-18(15)16(21)9-11)10-4-6-12(20)7-5-10/h1-2,4-9,13-14,17,22H,3H2/t13-,14+,17-/m1/s1. The maximum Gasteiger partial charge on any atom is 0.147 e. The maximum absolute atomic E-state index is 14.4. The lowest BCUT2D eigenvalue weighted by molar-refractivity contribution is 0.420. The first kappa shape index (κ1) is 14.3. The monoisotopic (exact) mass is 377 g/mol. The SMILES string of the molecule is Fc1cc(Br)cc2c1N[C@H](c1ccc(Cl)cc1)[C@H]1CC=C[C@@H]21. The lowest BCUT2D eigenvalue weighted by atomic mass is 9.77. The number of benzene rings is 2. The molecule has 0 saturated heterocycles. The van der Waals surface area contributed by atoms with Crippen molar-refractivity contribution in [2.75, 3.05) is 5.32 Å². The quantitative estimate of drug-likeness (QED) is 0.594. The highest BCUT2D eigenvalue weighted by Gasteiger charge is 2.39. The lowest BCUT2D eigenvalue weighted by Crippen LogP contribution is -2.29. The van der Waals surface area contributed by atoms with Gasteiger partial charge in [0.25, 0.3) is 0 Å². The van der Waals surface area contributed by atoms with Gasteiger partial charge in [0.05, 0.1) is 11.7 Å². The highest BCUT2D eigenvalue weighted by molar-refractivity contribution is 9.10. The van der Waals surface area contributed by atoms with Gasteiger partial charge in [-0.3, -0.25) is 0 Å². The number of allylic oxidation sites excluding steroid dienone is 2. The molecule has 3 atom stereocenters. The zero-order valence-corrected chi connectivity index (χ0v) is 14.0. The molecule has 2 aliphatic rings. The molecule has 2 aromatic carbocycles. The zero-order chi connectivity index (χ0) is 15.3. The van der Waals surface area contributed by atoms with Gasteiger partial charge >= 0.3 is 0 Å². The van der Waals surface area contributed by atoms with Gasteiger partial charge in [-0.25, -0.2) is 4.39 Å². The Bertz CT molecular complexity index is 756. The Morgan fingerprint density at radius 3 is 2.73 bits per heavy atom. The molecule has 2 aromatic rings. The first-order valence-corrected chi connectivity index (χ1v) is 8.48. The van der Waals surface area contributed by atoms with Gasteiger partial charge in [0.15, 0.2) is 0 Å². The summed E-state index contributed by atoms with van der Waals surface area (Å²) in [5, 5.41) is 4.14. The van der Waals surface area contributed by atoms with Gasteiger partial charge in [0, 0.05) is 15.4 Å². The molecule has 1 aliphatic carbocycles. The predicted octanol–water partition coefficient (Wildman–Crippen LogP) is 6.07. The number of fused-ring (bicyclic) bond motifs is 3. The average molecular weight is 379 g/mol. The highest BCUT2D eigenvalue weighted by atomic mass is 79.9. The summed E-state index contributed by atoms with van der Waals surface area (Å²) in [5.74, 6) is 0.452.